The van der Waals surface area contributed by atoms with Gasteiger partial charge in [0, 0.05) is 77.0 Å². The summed E-state index contributed by atoms with van der Waals surface area (Å²) in [4.78, 5) is 120. The molecule has 0 bridgehead atoms. The van der Waals surface area contributed by atoms with Gasteiger partial charge < -0.3 is 40.7 Å². The van der Waals surface area contributed by atoms with E-state index in [0.717, 1.165) is 42.7 Å². The number of fused-ring (bicyclic) bond motifs is 3. The van der Waals surface area contributed by atoms with Crippen molar-refractivity contribution in [3.63, 3.8) is 0 Å². The van der Waals surface area contributed by atoms with Gasteiger partial charge in [-0.05, 0) is 79.1 Å². The van der Waals surface area contributed by atoms with Gasteiger partial charge in [-0.1, -0.05) is 54.5 Å². The van der Waals surface area contributed by atoms with Crippen LogP contribution in [0.5, 0.6) is 0 Å². The van der Waals surface area contributed by atoms with Crippen LogP contribution in [-0.4, -0.2) is 157 Å². The molecule has 0 spiro atoms. The predicted octanol–water partition coefficient (Wildman–Crippen LogP) is 8.74. The first kappa shape index (κ1) is 71.4. The molecule has 0 saturated carbocycles. The third kappa shape index (κ3) is 18.4. The van der Waals surface area contributed by atoms with E-state index in [-0.39, 0.29) is 30.2 Å². The molecule has 3 aromatic carbocycles. The number of halogens is 10. The molecule has 9 rings (SSSR count). The zero-order valence-corrected chi connectivity index (χ0v) is 49.8. The highest BCUT2D eigenvalue weighted by molar-refractivity contribution is 6.66. The van der Waals surface area contributed by atoms with Gasteiger partial charge in [0.2, 0.25) is 45.9 Å². The Morgan fingerprint density at radius 3 is 1.30 bits per heavy atom. The summed E-state index contributed by atoms with van der Waals surface area (Å²) in [6.45, 7) is 35.1. The molecule has 25 nitrogen and oxygen atoms in total. The number of nitrogens with two attached hydrogens (primary N) is 2. The van der Waals surface area contributed by atoms with Gasteiger partial charge in [0.15, 0.2) is 0 Å². The largest absolute Gasteiger partial charge is 0.491 e. The minimum atomic E-state index is -5.62. The molecule has 3 aromatic heterocycles. The van der Waals surface area contributed by atoms with E-state index in [2.05, 4.69) is 75.0 Å². The highest BCUT2D eigenvalue weighted by Crippen LogP contribution is 2.37. The number of nitriles is 1. The maximum atomic E-state index is 12.0. The smallest absolute Gasteiger partial charge is 0.380 e. The summed E-state index contributed by atoms with van der Waals surface area (Å²) >= 11 is 22.9. The third-order valence-electron chi connectivity index (χ3n) is 13.1. The topological polar surface area (TPSA) is 311 Å². The number of esters is 2. The number of primary amides is 2. The van der Waals surface area contributed by atoms with E-state index >= 15 is 0 Å². The number of piperidine rings is 1. The molecule has 3 atom stereocenters. The number of benzene rings is 3. The van der Waals surface area contributed by atoms with Crippen LogP contribution in [-0.2, 0) is 38.3 Å². The first-order chi connectivity index (χ1) is 43.0. The van der Waals surface area contributed by atoms with E-state index in [9.17, 15) is 65.2 Å². The molecule has 35 heteroatoms. The van der Waals surface area contributed by atoms with Crippen molar-refractivity contribution in [1.82, 2.24) is 39.7 Å². The quantitative estimate of drug-likeness (QED) is 0.0359. The zero-order valence-electron chi connectivity index (χ0n) is 46.8. The van der Waals surface area contributed by atoms with Crippen LogP contribution in [0.1, 0.15) is 12.8 Å². The monoisotopic (exact) mass is 1340 g/mol. The summed E-state index contributed by atoms with van der Waals surface area (Å²) in [6, 6.07) is 10.7. The number of nitrogens with zero attached hydrogens (tertiary/aromatic N) is 15. The number of amides is 4. The third-order valence-corrected chi connectivity index (χ3v) is 14.2. The van der Waals surface area contributed by atoms with Gasteiger partial charge in [0.25, 0.3) is 0 Å². The molecular weight excluding hydrogens is 1290 g/mol. The minimum Gasteiger partial charge on any atom is -0.380 e. The number of alkyl halides is 6. The van der Waals surface area contributed by atoms with E-state index in [1.165, 1.54) is 34.9 Å². The maximum Gasteiger partial charge on any atom is 0.491 e. The van der Waals surface area contributed by atoms with Crippen molar-refractivity contribution in [2.75, 3.05) is 67.1 Å². The van der Waals surface area contributed by atoms with Crippen LogP contribution < -0.4 is 26.2 Å². The molecule has 6 aromatic rings. The summed E-state index contributed by atoms with van der Waals surface area (Å²) in [5, 5.41) is 12.0. The SMILES string of the molecule is C=CC(=O)Cl.O=C(OC(=O)C(F)(F)F)C(F)(F)F.[C-]#[N+]c1cc2c(N3CCCC(C(N)=O)C3)ncnc2cc1Cl.[C-]#[N+]c1cc2c(N3CCN(C(=O)C=C)C(C#N)C3)ncnc2cc1Cl.[C-]#[N+]c1cc2c(N3CCN(C(=O)C=C)C(C(N)=O)C3)ncnc2cc1Cl. The number of hydrogen-bond donors (Lipinski definition) is 2. The van der Waals surface area contributed by atoms with Gasteiger partial charge in [-0.3, -0.25) is 24.0 Å². The second-order valence-corrected chi connectivity index (χ2v) is 20.3. The number of hydrogen-bond acceptors (Lipinski definition) is 18. The molecule has 6 heterocycles. The van der Waals surface area contributed by atoms with Gasteiger partial charge in [-0.2, -0.15) is 31.6 Å². The van der Waals surface area contributed by atoms with E-state index in [1.54, 1.807) is 36.4 Å². The Morgan fingerprint density at radius 1 is 0.582 bits per heavy atom. The molecule has 91 heavy (non-hydrogen) atoms. The van der Waals surface area contributed by atoms with Crippen LogP contribution in [0.25, 0.3) is 47.2 Å². The molecule has 4 amide bonds. The Kier molecular flexibility index (Phi) is 24.9. The second-order valence-electron chi connectivity index (χ2n) is 18.7. The highest BCUT2D eigenvalue weighted by atomic mass is 35.5. The molecule has 0 radical (unpaired) electrons. The lowest BCUT2D eigenvalue weighted by Gasteiger charge is -2.40. The van der Waals surface area contributed by atoms with Crippen molar-refractivity contribution in [2.24, 2.45) is 17.4 Å². The number of carbonyl (C=O) groups excluding carboxylic acids is 7. The number of rotatable bonds is 8. The van der Waals surface area contributed by atoms with Crippen molar-refractivity contribution in [2.45, 2.75) is 37.3 Å². The van der Waals surface area contributed by atoms with Gasteiger partial charge in [-0.25, -0.2) is 54.0 Å². The molecular formula is C56H45Cl4F6N17O8. The molecule has 0 aliphatic carbocycles. The van der Waals surface area contributed by atoms with Crippen LogP contribution in [0.15, 0.2) is 93.3 Å². The average Bonchev–Trinajstić information content (AvgIpc) is 0.885. The number of piperazine rings is 2. The van der Waals surface area contributed by atoms with Crippen LogP contribution >= 0.6 is 46.4 Å². The number of anilines is 3. The summed E-state index contributed by atoms with van der Waals surface area (Å²) in [7, 11) is 0. The summed E-state index contributed by atoms with van der Waals surface area (Å²) in [5.41, 5.74) is 13.8. The van der Waals surface area contributed by atoms with E-state index < -0.39 is 47.5 Å². The lowest BCUT2D eigenvalue weighted by Crippen LogP contribution is -2.59. The molecule has 4 N–H and O–H groups in total. The average molecular weight is 1340 g/mol. The lowest BCUT2D eigenvalue weighted by atomic mass is 9.97. The van der Waals surface area contributed by atoms with Crippen LogP contribution in [0.3, 0.4) is 0 Å². The fourth-order valence-corrected chi connectivity index (χ4v) is 9.44. The molecule has 3 unspecified atom stereocenters. The van der Waals surface area contributed by atoms with E-state index in [4.69, 9.17) is 77.6 Å². The minimum absolute atomic E-state index is 0.175. The van der Waals surface area contributed by atoms with Gasteiger partial charge in [-0.15, -0.1) is 0 Å². The van der Waals surface area contributed by atoms with Crippen molar-refractivity contribution in [1.29, 1.82) is 5.26 Å². The van der Waals surface area contributed by atoms with Crippen molar-refractivity contribution in [3.8, 4) is 6.07 Å². The van der Waals surface area contributed by atoms with Gasteiger partial charge in [0.1, 0.15) is 48.5 Å². The van der Waals surface area contributed by atoms with E-state index in [1.807, 2.05) is 14.7 Å². The zero-order chi connectivity index (χ0) is 67.7. The first-order valence-corrected chi connectivity index (χ1v) is 27.2. The molecule has 3 aliphatic heterocycles. The van der Waals surface area contributed by atoms with Crippen LogP contribution in [0, 0.1) is 37.0 Å². The maximum absolute atomic E-state index is 12.0. The fourth-order valence-electron chi connectivity index (χ4n) is 8.84. The number of ether oxygens (including phenoxy) is 1. The van der Waals surface area contributed by atoms with Crippen LogP contribution in [0.4, 0.5) is 60.9 Å². The Balaban J connectivity index is 0.000000220. The Labute approximate surface area is 532 Å². The molecule has 472 valence electrons. The Morgan fingerprint density at radius 2 is 0.956 bits per heavy atom. The van der Waals surface area contributed by atoms with Gasteiger partial charge in [0.05, 0.1) is 54.8 Å². The molecule has 3 saturated heterocycles. The Bertz CT molecular complexity index is 4020. The number of carbonyl (C=O) groups is 7. The summed E-state index contributed by atoms with van der Waals surface area (Å²) in [6.07, 6.45) is -1.86. The normalized spacial score (nSPS) is 16.1. The van der Waals surface area contributed by atoms with E-state index in [0.29, 0.717) is 110 Å². The predicted molar refractivity (Wildman–Crippen MR) is 321 cm³/mol. The summed E-state index contributed by atoms with van der Waals surface area (Å²) < 4.78 is 69.7. The first-order valence-electron chi connectivity index (χ1n) is 25.7. The summed E-state index contributed by atoms with van der Waals surface area (Å²) in [5.74, 6) is -6.16. The van der Waals surface area contributed by atoms with Crippen LogP contribution in [0.2, 0.25) is 15.1 Å². The number of allylic oxidation sites excluding steroid dienone is 1. The van der Waals surface area contributed by atoms with Crippen molar-refractivity contribution in [3.05, 3.63) is 143 Å². The highest BCUT2D eigenvalue weighted by Gasteiger charge is 2.49. The van der Waals surface area contributed by atoms with Crippen molar-refractivity contribution >= 4 is 154 Å². The second kappa shape index (κ2) is 31.7. The Hall–Kier alpha value is -10.3. The lowest BCUT2D eigenvalue weighted by molar-refractivity contribution is -0.221. The van der Waals surface area contributed by atoms with Crippen molar-refractivity contribution < 1.29 is 64.6 Å². The fraction of sp³-hybridized carbons (Fsp3) is 0.268. The van der Waals surface area contributed by atoms with Gasteiger partial charge >= 0.3 is 24.3 Å². The molecule has 3 aliphatic rings. The number of aromatic nitrogens is 6. The molecule has 3 fully saturated rings. The standard InChI is InChI=1S/C17H15ClN6O2.C17H13ClN6O.C15H14ClN5O.C4F6O3.C3H3ClO/c1-3-15(25)24-5-4-23(8-14(24)16(19)26)17-10-6-13(20-2)11(18)7-12(10)21-9-22-17;1-3-16(25)24-5-4-23(9-11(24)8-19)17-12-6-15(20-2)13(18)7-14(12)21-10-22-17;1-18-13-5-10-12(6-11(13)16)19-8-20-15(10)21-4-2-3-9(7-21)14(17)22;5-3(6,7)1(11)13-2(12)4(8,9)10;1-2-3(4)5/h3,6-7,9,14H,1,4-5,8H2,(H2,19,26);3,6-7,10-11H,1,4-5,9H2;5-6,8-9H,2-4,7H2,(H2,17,22);;2H,1H2.